The van der Waals surface area contributed by atoms with Crippen molar-refractivity contribution in [3.8, 4) is 28.6 Å². The molecule has 1 amide bonds. The molecule has 1 fully saturated rings. The molecular weight excluding hydrogens is 916 g/mol. The van der Waals surface area contributed by atoms with E-state index in [1.165, 1.54) is 21.4 Å². The predicted molar refractivity (Wildman–Crippen MR) is 258 cm³/mol. The van der Waals surface area contributed by atoms with Crippen molar-refractivity contribution in [1.82, 2.24) is 29.1 Å². The van der Waals surface area contributed by atoms with Crippen molar-refractivity contribution in [2.24, 2.45) is 5.92 Å². The van der Waals surface area contributed by atoms with Gasteiger partial charge in [-0.3, -0.25) is 19.0 Å². The number of anilines is 1. The second kappa shape index (κ2) is 19.4. The summed E-state index contributed by atoms with van der Waals surface area (Å²) in [5.74, 6) is -4.14. The Morgan fingerprint density at radius 3 is 2.35 bits per heavy atom. The molecule has 8 rings (SSSR count). The highest BCUT2D eigenvalue weighted by molar-refractivity contribution is 7.92. The van der Waals surface area contributed by atoms with Gasteiger partial charge < -0.3 is 15.1 Å². The Morgan fingerprint density at radius 2 is 1.68 bits per heavy atom. The lowest BCUT2D eigenvalue weighted by atomic mass is 9.94. The van der Waals surface area contributed by atoms with E-state index in [1.807, 2.05) is 57.2 Å². The zero-order valence-corrected chi connectivity index (χ0v) is 39.3. The van der Waals surface area contributed by atoms with E-state index in [0.29, 0.717) is 66.3 Å². The lowest BCUT2D eigenvalue weighted by Crippen LogP contribution is -2.51. The van der Waals surface area contributed by atoms with Gasteiger partial charge in [-0.25, -0.2) is 36.5 Å². The van der Waals surface area contributed by atoms with Crippen LogP contribution in [0, 0.1) is 17.6 Å². The maximum Gasteiger partial charge on any atom is 0.348 e. The molecule has 1 aliphatic heterocycles. The fourth-order valence-electron chi connectivity index (χ4n) is 8.61. The van der Waals surface area contributed by atoms with Gasteiger partial charge in [-0.05, 0) is 95.5 Å². The molecule has 0 bridgehead atoms. The second-order valence-corrected chi connectivity index (χ2v) is 19.7. The van der Waals surface area contributed by atoms with E-state index in [2.05, 4.69) is 19.8 Å². The normalized spacial score (nSPS) is 15.5. The van der Waals surface area contributed by atoms with E-state index < -0.39 is 50.4 Å². The van der Waals surface area contributed by atoms with Gasteiger partial charge >= 0.3 is 11.7 Å². The van der Waals surface area contributed by atoms with Crippen molar-refractivity contribution in [2.75, 3.05) is 36.7 Å². The fraction of sp³-hybridized carbons (Fsp3) is 0.280. The number of H-pyrrole nitrogens is 1. The number of nitrogens with one attached hydrogen (secondary N) is 2. The Morgan fingerprint density at radius 1 is 0.971 bits per heavy atom. The van der Waals surface area contributed by atoms with Gasteiger partial charge in [-0.1, -0.05) is 75.7 Å². The first-order valence-corrected chi connectivity index (χ1v) is 24.2. The van der Waals surface area contributed by atoms with E-state index in [4.69, 9.17) is 11.6 Å². The molecule has 354 valence electrons. The summed E-state index contributed by atoms with van der Waals surface area (Å²) in [5.41, 5.74) is 1.56. The zero-order chi connectivity index (χ0) is 48.6. The Kier molecular flexibility index (Phi) is 13.6. The molecule has 0 radical (unpaired) electrons. The summed E-state index contributed by atoms with van der Waals surface area (Å²) in [6.07, 6.45) is 7.57. The topological polar surface area (TPSA) is 183 Å². The van der Waals surface area contributed by atoms with Crippen LogP contribution in [0.4, 0.5) is 19.3 Å². The molecule has 1 atom stereocenters. The molecule has 1 unspecified atom stereocenters. The van der Waals surface area contributed by atoms with E-state index in [-0.39, 0.29) is 57.7 Å². The van der Waals surface area contributed by atoms with Gasteiger partial charge in [-0.15, -0.1) is 0 Å². The number of halogens is 3. The maximum atomic E-state index is 16.2. The second-order valence-electron chi connectivity index (χ2n) is 17.4. The van der Waals surface area contributed by atoms with Crippen LogP contribution in [0.25, 0.3) is 34.8 Å². The average molecular weight is 967 g/mol. The highest BCUT2D eigenvalue weighted by Gasteiger charge is 2.30. The maximum absolute atomic E-state index is 16.2. The highest BCUT2D eigenvalue weighted by atomic mass is 35.5. The number of fused-ring (bicyclic) bond motifs is 1. The summed E-state index contributed by atoms with van der Waals surface area (Å²) in [6, 6.07) is 18.6. The van der Waals surface area contributed by atoms with Crippen molar-refractivity contribution in [2.45, 2.75) is 53.0 Å². The number of aromatic nitrogens is 4. The number of rotatable bonds is 12. The third kappa shape index (κ3) is 9.77. The molecule has 2 aliphatic rings. The van der Waals surface area contributed by atoms with Crippen LogP contribution < -0.4 is 21.0 Å². The average Bonchev–Trinajstić information content (AvgIpc) is 3.85. The summed E-state index contributed by atoms with van der Waals surface area (Å²) in [5, 5.41) is 28.9. The Hall–Kier alpha value is -6.82. The molecular formula is C50H50ClF2N7O7S. The number of hydrogen-bond donors (Lipinski definition) is 4. The van der Waals surface area contributed by atoms with E-state index in [1.54, 1.807) is 48.2 Å². The van der Waals surface area contributed by atoms with Crippen LogP contribution >= 0.6 is 11.6 Å². The Labute approximate surface area is 396 Å². The minimum absolute atomic E-state index is 0.0173. The molecule has 6 aromatic rings. The van der Waals surface area contributed by atoms with Gasteiger partial charge in [0.1, 0.15) is 17.3 Å². The number of carbonyl (C=O) groups excluding carboxylic acids is 2. The summed E-state index contributed by atoms with van der Waals surface area (Å²) in [4.78, 5) is 45.9. The number of hydrogen-bond acceptors (Lipinski definition) is 9. The number of amides is 1. The van der Waals surface area contributed by atoms with Gasteiger partial charge in [0.15, 0.2) is 11.6 Å². The molecule has 1 saturated heterocycles. The first kappa shape index (κ1) is 47.7. The predicted octanol–water partition coefficient (Wildman–Crippen LogP) is 7.35. The number of ketones is 1. The molecule has 4 N–H and O–H groups in total. The van der Waals surface area contributed by atoms with Crippen LogP contribution in [0.2, 0.25) is 5.02 Å². The van der Waals surface area contributed by atoms with Crippen molar-refractivity contribution in [3.63, 3.8) is 0 Å². The first-order chi connectivity index (χ1) is 32.4. The van der Waals surface area contributed by atoms with Crippen LogP contribution in [0.5, 0.6) is 11.5 Å². The number of nitrogens with zero attached hydrogens (tertiary/aromatic N) is 5. The lowest BCUT2D eigenvalue weighted by Gasteiger charge is -2.34. The quantitative estimate of drug-likeness (QED) is 0.0912. The van der Waals surface area contributed by atoms with Crippen molar-refractivity contribution >= 4 is 56.9 Å². The van der Waals surface area contributed by atoms with Gasteiger partial charge in [0.25, 0.3) is 0 Å². The Balaban J connectivity index is 1.07. The summed E-state index contributed by atoms with van der Waals surface area (Å²) in [6.45, 7) is 9.57. The molecule has 18 heteroatoms. The number of aromatic amines is 1. The van der Waals surface area contributed by atoms with Gasteiger partial charge in [-0.2, -0.15) is 5.10 Å². The number of aromatic hydroxyl groups is 2. The van der Waals surface area contributed by atoms with Crippen molar-refractivity contribution < 1.29 is 37.0 Å². The van der Waals surface area contributed by atoms with Crippen molar-refractivity contribution in [1.29, 1.82) is 0 Å². The largest absolute Gasteiger partial charge is 0.508 e. The van der Waals surface area contributed by atoms with Crippen LogP contribution in [-0.2, 0) is 16.6 Å². The minimum atomic E-state index is -4.00. The summed E-state index contributed by atoms with van der Waals surface area (Å²) < 4.78 is 61.9. The van der Waals surface area contributed by atoms with Crippen LogP contribution in [0.3, 0.4) is 0 Å². The van der Waals surface area contributed by atoms with Crippen LogP contribution in [0.15, 0.2) is 89.9 Å². The fourth-order valence-corrected chi connectivity index (χ4v) is 9.86. The number of sulfonamides is 1. The zero-order valence-electron chi connectivity index (χ0n) is 37.8. The number of phenolic OH excluding ortho intramolecular Hbond substituents is 2. The molecule has 0 spiro atoms. The molecule has 14 nitrogen and oxygen atoms in total. The molecule has 2 aromatic heterocycles. The molecule has 3 heterocycles. The third-order valence-electron chi connectivity index (χ3n) is 12.1. The number of allylic oxidation sites excluding steroid dienone is 2. The van der Waals surface area contributed by atoms with Gasteiger partial charge in [0.05, 0.1) is 33.6 Å². The van der Waals surface area contributed by atoms with Gasteiger partial charge in [0, 0.05) is 60.8 Å². The number of benzene rings is 4. The minimum Gasteiger partial charge on any atom is -0.508 e. The monoisotopic (exact) mass is 965 g/mol. The number of phenols is 2. The van der Waals surface area contributed by atoms with Crippen LogP contribution in [0.1, 0.15) is 79.1 Å². The molecule has 68 heavy (non-hydrogen) atoms. The third-order valence-corrected chi connectivity index (χ3v) is 13.9. The van der Waals surface area contributed by atoms with E-state index in [0.717, 1.165) is 23.3 Å². The first-order valence-electron chi connectivity index (χ1n) is 22.2. The summed E-state index contributed by atoms with van der Waals surface area (Å²) in [7, 11) is -4.00. The standard InChI is InChI=1S/C50H50ClF2N7O7S/c1-5-22-68(66,67)56-41-16-15-40(52)45(46(41)53)47(63)39-28-59(42-17-6-30(4)23-33(24-37(39)42)32-9-11-34(51)12-10-32)50(65)58-20-18-57(19-21-58)27-31-7-13-35(14-8-31)60-48(54-55-49(60)64)38-25-36(29(2)3)43(61)26-44(38)62/h7-17,23-26,28-30,56,61-62H,5-6,18-22,27H2,1-4H3,(H,55,64). The summed E-state index contributed by atoms with van der Waals surface area (Å²) >= 11 is 6.22. The van der Waals surface area contributed by atoms with Crippen molar-refractivity contribution in [3.05, 3.63) is 151 Å². The van der Waals surface area contributed by atoms with Gasteiger partial charge in [0.2, 0.25) is 15.8 Å². The lowest BCUT2D eigenvalue weighted by molar-refractivity contribution is 0.103. The number of piperazine rings is 1. The highest BCUT2D eigenvalue weighted by Crippen LogP contribution is 2.37. The SMILES string of the molecule is CCCS(=O)(=O)Nc1ccc(F)c(C(=O)c2cn(C(=O)N3CCN(Cc4ccc(-n5c(-c6cc(C(C)C)c(O)cc6O)n[nH]c5=O)cc4)CC3)c3c2=CC(c2ccc(Cl)cc2)=CC(C)CC=3)c1F. The molecule has 1 aliphatic carbocycles. The molecule has 4 aromatic carbocycles. The van der Waals surface area contributed by atoms with E-state index in [9.17, 15) is 33.0 Å². The van der Waals surface area contributed by atoms with E-state index >= 15 is 8.78 Å². The van der Waals surface area contributed by atoms with Crippen LogP contribution in [-0.4, -0.2) is 91.5 Å². The number of carbonyl (C=O) groups is 2. The smallest absolute Gasteiger partial charge is 0.348 e. The Bertz CT molecular complexity index is 3270. The molecule has 0 saturated carbocycles.